The summed E-state index contributed by atoms with van der Waals surface area (Å²) in [4.78, 5) is 21.2. The lowest BCUT2D eigenvalue weighted by atomic mass is 10.1. The van der Waals surface area contributed by atoms with Crippen LogP contribution in [0.25, 0.3) is 10.9 Å². The summed E-state index contributed by atoms with van der Waals surface area (Å²) in [6, 6.07) is 9.40. The maximum atomic E-state index is 13.1. The van der Waals surface area contributed by atoms with Gasteiger partial charge in [0.15, 0.2) is 9.84 Å². The molecule has 1 amide bonds. The number of pyridine rings is 1. The fourth-order valence-corrected chi connectivity index (χ4v) is 5.00. The number of aryl methyl sites for hydroxylation is 1. The smallest absolute Gasteiger partial charge is 0.257 e. The van der Waals surface area contributed by atoms with E-state index in [9.17, 15) is 13.2 Å². The lowest BCUT2D eigenvalue weighted by Crippen LogP contribution is -2.43. The van der Waals surface area contributed by atoms with Crippen molar-refractivity contribution in [3.8, 4) is 0 Å². The summed E-state index contributed by atoms with van der Waals surface area (Å²) in [7, 11) is 0.723. The van der Waals surface area contributed by atoms with Crippen molar-refractivity contribution < 1.29 is 13.2 Å². The summed E-state index contributed by atoms with van der Waals surface area (Å²) in [5, 5.41) is 1.47. The van der Waals surface area contributed by atoms with Crippen LogP contribution in [0.15, 0.2) is 42.7 Å². The van der Waals surface area contributed by atoms with E-state index in [-0.39, 0.29) is 30.5 Å². The Bertz CT molecular complexity index is 1190. The topological polar surface area (TPSA) is 75.5 Å². The average molecular weight is 433 g/mol. The van der Waals surface area contributed by atoms with Crippen LogP contribution in [-0.4, -0.2) is 60.4 Å². The van der Waals surface area contributed by atoms with Gasteiger partial charge in [-0.3, -0.25) is 4.79 Å². The first-order chi connectivity index (χ1) is 13.8. The molecule has 0 aliphatic carbocycles. The fraction of sp³-hybridized carbons (Fsp3) is 0.300. The van der Waals surface area contributed by atoms with E-state index in [1.165, 1.54) is 0 Å². The van der Waals surface area contributed by atoms with Crippen molar-refractivity contribution >= 4 is 49.8 Å². The molecule has 9 heteroatoms. The van der Waals surface area contributed by atoms with Crippen LogP contribution in [0.1, 0.15) is 10.4 Å². The monoisotopic (exact) mass is 432 g/mol. The number of aromatic nitrogens is 2. The van der Waals surface area contributed by atoms with Crippen molar-refractivity contribution in [1.82, 2.24) is 14.5 Å². The fourth-order valence-electron chi connectivity index (χ4n) is 3.62. The van der Waals surface area contributed by atoms with Crippen LogP contribution in [0.5, 0.6) is 0 Å². The highest BCUT2D eigenvalue weighted by atomic mass is 35.5. The van der Waals surface area contributed by atoms with E-state index in [0.717, 1.165) is 16.6 Å². The van der Waals surface area contributed by atoms with Gasteiger partial charge in [-0.1, -0.05) is 17.7 Å². The molecule has 1 saturated heterocycles. The van der Waals surface area contributed by atoms with E-state index in [1.54, 1.807) is 11.1 Å². The number of hydrogen-bond acceptors (Lipinski definition) is 5. The minimum atomic E-state index is -3.06. The number of sulfone groups is 1. The lowest BCUT2D eigenvalue weighted by Gasteiger charge is -2.27. The van der Waals surface area contributed by atoms with Crippen LogP contribution < -0.4 is 4.90 Å². The molecule has 29 heavy (non-hydrogen) atoms. The molecule has 1 aliphatic rings. The van der Waals surface area contributed by atoms with Crippen LogP contribution in [0, 0.1) is 0 Å². The van der Waals surface area contributed by atoms with Gasteiger partial charge in [-0.15, -0.1) is 0 Å². The molecule has 1 aliphatic heterocycles. The largest absolute Gasteiger partial charge is 0.350 e. The highest BCUT2D eigenvalue weighted by Crippen LogP contribution is 2.32. The number of carbonyl (C=O) groups is 1. The molecule has 0 saturated carbocycles. The number of anilines is 2. The van der Waals surface area contributed by atoms with Crippen LogP contribution in [0.3, 0.4) is 0 Å². The van der Waals surface area contributed by atoms with Crippen molar-refractivity contribution in [2.24, 2.45) is 7.05 Å². The third kappa shape index (κ3) is 3.70. The molecular weight excluding hydrogens is 412 g/mol. The number of amides is 1. The van der Waals surface area contributed by atoms with Gasteiger partial charge in [0.05, 0.1) is 22.6 Å². The van der Waals surface area contributed by atoms with Crippen molar-refractivity contribution in [2.75, 3.05) is 36.5 Å². The van der Waals surface area contributed by atoms with Gasteiger partial charge >= 0.3 is 0 Å². The first-order valence-electron chi connectivity index (χ1n) is 9.20. The lowest BCUT2D eigenvalue weighted by molar-refractivity contribution is 0.0771. The van der Waals surface area contributed by atoms with E-state index in [4.69, 9.17) is 11.6 Å². The maximum absolute atomic E-state index is 13.1. The molecule has 0 N–H and O–H groups in total. The molecule has 1 fully saturated rings. The minimum absolute atomic E-state index is 0.00195. The van der Waals surface area contributed by atoms with Gasteiger partial charge in [-0.25, -0.2) is 13.4 Å². The molecule has 0 bridgehead atoms. The Morgan fingerprint density at radius 3 is 2.62 bits per heavy atom. The first-order valence-corrected chi connectivity index (χ1v) is 11.4. The summed E-state index contributed by atoms with van der Waals surface area (Å²) in [6.07, 6.45) is 3.46. The van der Waals surface area contributed by atoms with Gasteiger partial charge in [0, 0.05) is 55.7 Å². The van der Waals surface area contributed by atoms with Gasteiger partial charge in [-0.2, -0.15) is 0 Å². The number of halogens is 1. The van der Waals surface area contributed by atoms with Gasteiger partial charge in [0.25, 0.3) is 5.91 Å². The summed E-state index contributed by atoms with van der Waals surface area (Å²) < 4.78 is 25.3. The highest BCUT2D eigenvalue weighted by Gasteiger charge is 2.28. The quantitative estimate of drug-likeness (QED) is 0.636. The van der Waals surface area contributed by atoms with Crippen molar-refractivity contribution in [3.63, 3.8) is 0 Å². The maximum Gasteiger partial charge on any atom is 0.257 e. The van der Waals surface area contributed by atoms with Gasteiger partial charge < -0.3 is 14.4 Å². The molecule has 0 radical (unpaired) electrons. The highest BCUT2D eigenvalue weighted by molar-refractivity contribution is 7.91. The number of nitrogens with zero attached hydrogens (tertiary/aromatic N) is 4. The van der Waals surface area contributed by atoms with Crippen LogP contribution in [0.2, 0.25) is 5.02 Å². The van der Waals surface area contributed by atoms with Crippen molar-refractivity contribution in [3.05, 3.63) is 53.3 Å². The number of fused-ring (bicyclic) bond motifs is 1. The number of benzene rings is 1. The van der Waals surface area contributed by atoms with Crippen molar-refractivity contribution in [1.29, 1.82) is 0 Å². The molecule has 1 aromatic carbocycles. The molecule has 0 spiro atoms. The third-order valence-corrected chi connectivity index (χ3v) is 7.10. The Morgan fingerprint density at radius 2 is 1.93 bits per heavy atom. The zero-order valence-electron chi connectivity index (χ0n) is 16.2. The summed E-state index contributed by atoms with van der Waals surface area (Å²) in [6.45, 7) is 0.411. The zero-order chi connectivity index (χ0) is 20.8. The molecule has 152 valence electrons. The van der Waals surface area contributed by atoms with E-state index in [1.807, 2.05) is 60.1 Å². The van der Waals surface area contributed by atoms with Crippen LogP contribution >= 0.6 is 11.6 Å². The van der Waals surface area contributed by atoms with Crippen LogP contribution in [-0.2, 0) is 16.9 Å². The molecular formula is C20H21ClN4O3S. The van der Waals surface area contributed by atoms with Crippen molar-refractivity contribution in [2.45, 2.75) is 0 Å². The minimum Gasteiger partial charge on any atom is -0.350 e. The molecule has 4 rings (SSSR count). The van der Waals surface area contributed by atoms with E-state index >= 15 is 0 Å². The standard InChI is InChI=1S/C20H21ClN4O3S/c1-23-7-6-16-18(23)17(20(26)25-8-10-29(27,28)11-9-25)13-22-19(16)24(2)15-5-3-4-14(21)12-15/h3-7,12-13H,8-11H2,1-2H3. The Kier molecular flexibility index (Phi) is 5.00. The van der Waals surface area contributed by atoms with Gasteiger partial charge in [0.1, 0.15) is 5.82 Å². The second-order valence-electron chi connectivity index (χ2n) is 7.17. The Balaban J connectivity index is 1.74. The van der Waals surface area contributed by atoms with E-state index in [2.05, 4.69) is 4.98 Å². The zero-order valence-corrected chi connectivity index (χ0v) is 17.7. The second kappa shape index (κ2) is 7.35. The first kappa shape index (κ1) is 19.7. The predicted molar refractivity (Wildman–Crippen MR) is 115 cm³/mol. The molecule has 7 nitrogen and oxygen atoms in total. The molecule has 3 aromatic rings. The third-order valence-electron chi connectivity index (χ3n) is 5.26. The molecule has 0 unspecified atom stereocenters. The number of carbonyl (C=O) groups excluding carboxylic acids is 1. The number of rotatable bonds is 3. The summed E-state index contributed by atoms with van der Waals surface area (Å²) in [5.41, 5.74) is 2.12. The summed E-state index contributed by atoms with van der Waals surface area (Å²) in [5.74, 6) is 0.507. The van der Waals surface area contributed by atoms with Crippen LogP contribution in [0.4, 0.5) is 11.5 Å². The summed E-state index contributed by atoms with van der Waals surface area (Å²) >= 11 is 6.13. The predicted octanol–water partition coefficient (Wildman–Crippen LogP) is 2.87. The Labute approximate surface area is 174 Å². The Hall–Kier alpha value is -2.58. The van der Waals surface area contributed by atoms with Gasteiger partial charge in [-0.05, 0) is 24.3 Å². The second-order valence-corrected chi connectivity index (χ2v) is 9.91. The van der Waals surface area contributed by atoms with E-state index < -0.39 is 9.84 Å². The van der Waals surface area contributed by atoms with E-state index in [0.29, 0.717) is 16.4 Å². The SMILES string of the molecule is CN(c1cccc(Cl)c1)c1ncc(C(=O)N2CCS(=O)(=O)CC2)c2c1ccn2C. The average Bonchev–Trinajstić information content (AvgIpc) is 3.08. The normalized spacial score (nSPS) is 16.2. The Morgan fingerprint density at radius 1 is 1.21 bits per heavy atom. The number of hydrogen-bond donors (Lipinski definition) is 0. The molecule has 3 heterocycles. The van der Waals surface area contributed by atoms with Gasteiger partial charge in [0.2, 0.25) is 0 Å². The molecule has 0 atom stereocenters. The molecule has 2 aromatic heterocycles.